The molecule has 0 radical (unpaired) electrons. The first-order valence-electron chi connectivity index (χ1n) is 4.54. The van der Waals surface area contributed by atoms with Crippen molar-refractivity contribution in [2.45, 2.75) is 11.8 Å². The first-order valence-corrected chi connectivity index (χ1v) is 5.86. The van der Waals surface area contributed by atoms with Gasteiger partial charge in [0.2, 0.25) is 5.91 Å². The molecule has 82 valence electrons. The highest BCUT2D eigenvalue weighted by Crippen LogP contribution is 2.07. The summed E-state index contributed by atoms with van der Waals surface area (Å²) in [5.74, 6) is -0.728. The first kappa shape index (κ1) is 11.8. The fourth-order valence-electron chi connectivity index (χ4n) is 1.04. The number of amides is 1. The van der Waals surface area contributed by atoms with Crippen molar-refractivity contribution in [2.75, 3.05) is 12.3 Å². The molecule has 1 aromatic rings. The molecule has 0 bridgehead atoms. The molecule has 0 aliphatic heterocycles. The van der Waals surface area contributed by atoms with Crippen LogP contribution in [0.1, 0.15) is 6.92 Å². The summed E-state index contributed by atoms with van der Waals surface area (Å²) in [6, 6.07) is 5.30. The van der Waals surface area contributed by atoms with Crippen LogP contribution < -0.4 is 5.32 Å². The topological polar surface area (TPSA) is 46.2 Å². The van der Waals surface area contributed by atoms with Gasteiger partial charge in [0.05, 0.1) is 10.8 Å². The molecular formula is C10H12FNO2S. The van der Waals surface area contributed by atoms with Gasteiger partial charge >= 0.3 is 0 Å². The zero-order valence-electron chi connectivity index (χ0n) is 8.33. The second-order valence-corrected chi connectivity index (χ2v) is 4.35. The number of nitrogens with one attached hydrogen (secondary N) is 1. The summed E-state index contributed by atoms with van der Waals surface area (Å²) >= 11 is 0. The van der Waals surface area contributed by atoms with Gasteiger partial charge in [0.1, 0.15) is 11.6 Å². The van der Waals surface area contributed by atoms with E-state index in [-0.39, 0.29) is 17.5 Å². The van der Waals surface area contributed by atoms with Gasteiger partial charge < -0.3 is 5.32 Å². The smallest absolute Gasteiger partial charge is 0.232 e. The number of rotatable bonds is 4. The lowest BCUT2D eigenvalue weighted by molar-refractivity contribution is -0.118. The predicted octanol–water partition coefficient (Wildman–Crippen LogP) is 1.07. The Labute approximate surface area is 90.1 Å². The van der Waals surface area contributed by atoms with Crippen LogP contribution >= 0.6 is 0 Å². The molecule has 0 saturated carbocycles. The number of carbonyl (C=O) groups excluding carboxylic acids is 1. The molecule has 0 heterocycles. The average molecular weight is 229 g/mol. The number of benzene rings is 1. The fraction of sp³-hybridized carbons (Fsp3) is 0.300. The minimum Gasteiger partial charge on any atom is -0.356 e. The highest BCUT2D eigenvalue weighted by Gasteiger charge is 2.08. The summed E-state index contributed by atoms with van der Waals surface area (Å²) < 4.78 is 24.1. The maximum atomic E-state index is 12.6. The third-order valence-corrected chi connectivity index (χ3v) is 3.03. The molecule has 1 amide bonds. The number of hydrogen-bond donors (Lipinski definition) is 1. The molecule has 0 saturated heterocycles. The molecule has 5 heteroatoms. The monoisotopic (exact) mass is 229 g/mol. The Morgan fingerprint density at radius 2 is 2.00 bits per heavy atom. The highest BCUT2D eigenvalue weighted by atomic mass is 32.2. The van der Waals surface area contributed by atoms with Crippen LogP contribution in [0.2, 0.25) is 0 Å². The van der Waals surface area contributed by atoms with Crippen molar-refractivity contribution in [3.63, 3.8) is 0 Å². The van der Waals surface area contributed by atoms with E-state index in [0.717, 1.165) is 0 Å². The third-order valence-electron chi connectivity index (χ3n) is 1.71. The molecule has 0 aromatic heterocycles. The summed E-state index contributed by atoms with van der Waals surface area (Å²) in [5.41, 5.74) is 0. The van der Waals surface area contributed by atoms with Gasteiger partial charge in [-0.1, -0.05) is 0 Å². The quantitative estimate of drug-likeness (QED) is 0.839. The van der Waals surface area contributed by atoms with Gasteiger partial charge in [0.15, 0.2) is 0 Å². The van der Waals surface area contributed by atoms with Crippen molar-refractivity contribution >= 4 is 16.7 Å². The van der Waals surface area contributed by atoms with Crippen LogP contribution in [-0.4, -0.2) is 22.4 Å². The standard InChI is InChI=1S/C10H12FNO2S/c1-2-12-10(13)7-15(14)9-5-3-8(11)4-6-9/h3-6H,2,7H2,1H3,(H,12,13). The van der Waals surface area contributed by atoms with E-state index in [1.54, 1.807) is 6.92 Å². The van der Waals surface area contributed by atoms with Gasteiger partial charge in [-0.25, -0.2) is 4.39 Å². The van der Waals surface area contributed by atoms with E-state index in [1.807, 2.05) is 0 Å². The maximum absolute atomic E-state index is 12.6. The normalized spacial score (nSPS) is 12.1. The van der Waals surface area contributed by atoms with E-state index in [9.17, 15) is 13.4 Å². The van der Waals surface area contributed by atoms with Crippen molar-refractivity contribution in [3.05, 3.63) is 30.1 Å². The molecule has 0 aliphatic rings. The van der Waals surface area contributed by atoms with Crippen LogP contribution in [0.4, 0.5) is 4.39 Å². The highest BCUT2D eigenvalue weighted by molar-refractivity contribution is 7.85. The fourth-order valence-corrected chi connectivity index (χ4v) is 1.98. The Hall–Kier alpha value is -1.23. The lowest BCUT2D eigenvalue weighted by atomic mass is 10.4. The minimum absolute atomic E-state index is 0.0839. The molecule has 1 unspecified atom stereocenters. The second kappa shape index (κ2) is 5.60. The molecule has 0 fully saturated rings. The van der Waals surface area contributed by atoms with Gasteiger partial charge in [0, 0.05) is 11.4 Å². The molecule has 15 heavy (non-hydrogen) atoms. The molecule has 3 nitrogen and oxygen atoms in total. The summed E-state index contributed by atoms with van der Waals surface area (Å²) in [7, 11) is -1.40. The Balaban J connectivity index is 2.61. The Morgan fingerprint density at radius 1 is 1.40 bits per heavy atom. The summed E-state index contributed by atoms with van der Waals surface area (Å²) in [6.07, 6.45) is 0. The Bertz CT molecular complexity index is 364. The van der Waals surface area contributed by atoms with Crippen LogP contribution in [0.15, 0.2) is 29.2 Å². The van der Waals surface area contributed by atoms with Crippen molar-refractivity contribution in [1.29, 1.82) is 0 Å². The zero-order valence-corrected chi connectivity index (χ0v) is 9.14. The SMILES string of the molecule is CCNC(=O)CS(=O)c1ccc(F)cc1. The van der Waals surface area contributed by atoms with Crippen molar-refractivity contribution < 1.29 is 13.4 Å². The molecule has 1 atom stereocenters. The van der Waals surface area contributed by atoms with E-state index in [0.29, 0.717) is 11.4 Å². The first-order chi connectivity index (χ1) is 7.13. The number of halogens is 1. The van der Waals surface area contributed by atoms with Crippen LogP contribution in [0.3, 0.4) is 0 Å². The Morgan fingerprint density at radius 3 is 2.53 bits per heavy atom. The van der Waals surface area contributed by atoms with Crippen LogP contribution in [0.5, 0.6) is 0 Å². The van der Waals surface area contributed by atoms with Gasteiger partial charge in [-0.05, 0) is 31.2 Å². The van der Waals surface area contributed by atoms with E-state index in [4.69, 9.17) is 0 Å². The number of carbonyl (C=O) groups is 1. The van der Waals surface area contributed by atoms with Gasteiger partial charge in [-0.3, -0.25) is 9.00 Å². The largest absolute Gasteiger partial charge is 0.356 e. The molecular weight excluding hydrogens is 217 g/mol. The van der Waals surface area contributed by atoms with Gasteiger partial charge in [-0.2, -0.15) is 0 Å². The Kier molecular flexibility index (Phi) is 4.42. The van der Waals surface area contributed by atoms with Gasteiger partial charge in [-0.15, -0.1) is 0 Å². The lowest BCUT2D eigenvalue weighted by Crippen LogP contribution is -2.27. The molecule has 1 aromatic carbocycles. The van der Waals surface area contributed by atoms with E-state index >= 15 is 0 Å². The van der Waals surface area contributed by atoms with Crippen molar-refractivity contribution in [3.8, 4) is 0 Å². The van der Waals surface area contributed by atoms with E-state index < -0.39 is 10.8 Å². The van der Waals surface area contributed by atoms with E-state index in [2.05, 4.69) is 5.32 Å². The van der Waals surface area contributed by atoms with Crippen LogP contribution in [0.25, 0.3) is 0 Å². The summed E-state index contributed by atoms with van der Waals surface area (Å²) in [4.78, 5) is 11.6. The molecule has 0 spiro atoms. The van der Waals surface area contributed by atoms with Crippen molar-refractivity contribution in [2.24, 2.45) is 0 Å². The van der Waals surface area contributed by atoms with Gasteiger partial charge in [0.25, 0.3) is 0 Å². The zero-order chi connectivity index (χ0) is 11.3. The third kappa shape index (κ3) is 3.79. The van der Waals surface area contributed by atoms with Crippen LogP contribution in [0, 0.1) is 5.82 Å². The number of hydrogen-bond acceptors (Lipinski definition) is 2. The maximum Gasteiger partial charge on any atom is 0.232 e. The minimum atomic E-state index is -1.40. The van der Waals surface area contributed by atoms with Crippen molar-refractivity contribution in [1.82, 2.24) is 5.32 Å². The predicted molar refractivity (Wildman–Crippen MR) is 56.4 cm³/mol. The molecule has 1 N–H and O–H groups in total. The van der Waals surface area contributed by atoms with E-state index in [1.165, 1.54) is 24.3 Å². The summed E-state index contributed by atoms with van der Waals surface area (Å²) in [6.45, 7) is 2.30. The second-order valence-electron chi connectivity index (χ2n) is 2.90. The average Bonchev–Trinajstić information content (AvgIpc) is 2.18. The summed E-state index contributed by atoms with van der Waals surface area (Å²) in [5, 5.41) is 2.55. The molecule has 1 rings (SSSR count). The molecule has 0 aliphatic carbocycles. The lowest BCUT2D eigenvalue weighted by Gasteiger charge is -2.02. The van der Waals surface area contributed by atoms with Crippen LogP contribution in [-0.2, 0) is 15.6 Å².